The number of rotatable bonds is 11. The number of ether oxygens (including phenoxy) is 4. The maximum absolute atomic E-state index is 13.9. The minimum Gasteiger partial charge on any atom is -0.497 e. The van der Waals surface area contributed by atoms with Crippen molar-refractivity contribution in [2.24, 2.45) is 5.41 Å². The van der Waals surface area contributed by atoms with Crippen LogP contribution in [0.3, 0.4) is 0 Å². The molecule has 2 aliphatic rings. The molecule has 1 unspecified atom stereocenters. The van der Waals surface area contributed by atoms with Gasteiger partial charge in [-0.1, -0.05) is 40.5 Å². The molecule has 11 heteroatoms. The molecule has 1 saturated heterocycles. The van der Waals surface area contributed by atoms with Gasteiger partial charge in [0.15, 0.2) is 0 Å². The maximum Gasteiger partial charge on any atom is 0.408 e. The van der Waals surface area contributed by atoms with Crippen molar-refractivity contribution in [1.82, 2.24) is 20.2 Å². The standard InChI is InChI=1S/C30H42N4O7/c1-7-8-9-10-22-26(32-23-15-19(38-5)13-14-21(23)31-22)40-20-16-24(28(36)39-6)34(17-20)27(35)25(30(2,3)4)33-29(37)41-18-11-12-18/h13-15,18,20,24-25H,7-12,16-17H2,1-6H3,(H,33,37)/t20-,24+,25?/m1/s1. The second kappa shape index (κ2) is 12.9. The van der Waals surface area contributed by atoms with E-state index in [1.165, 1.54) is 12.0 Å². The minimum atomic E-state index is -0.919. The molecule has 0 spiro atoms. The summed E-state index contributed by atoms with van der Waals surface area (Å²) in [5.74, 6) is 0.0866. The summed E-state index contributed by atoms with van der Waals surface area (Å²) in [6.07, 6.45) is 4.30. The molecule has 1 aliphatic heterocycles. The molecule has 2 heterocycles. The lowest BCUT2D eigenvalue weighted by Crippen LogP contribution is -2.57. The third kappa shape index (κ3) is 7.56. The molecular formula is C30H42N4O7. The first-order chi connectivity index (χ1) is 19.5. The fourth-order valence-electron chi connectivity index (χ4n) is 4.93. The molecule has 1 aromatic heterocycles. The number of alkyl carbamates (subject to hydrolysis) is 1. The zero-order valence-electron chi connectivity index (χ0n) is 24.9. The van der Waals surface area contributed by atoms with E-state index in [-0.39, 0.29) is 19.1 Å². The van der Waals surface area contributed by atoms with E-state index in [0.717, 1.165) is 43.3 Å². The Balaban J connectivity index is 1.59. The van der Waals surface area contributed by atoms with E-state index >= 15 is 0 Å². The van der Waals surface area contributed by atoms with Crippen LogP contribution in [0.1, 0.15) is 71.9 Å². The van der Waals surface area contributed by atoms with Gasteiger partial charge in [0.05, 0.1) is 31.8 Å². The van der Waals surface area contributed by atoms with Gasteiger partial charge in [0.1, 0.15) is 35.7 Å². The topological polar surface area (TPSA) is 129 Å². The van der Waals surface area contributed by atoms with E-state index < -0.39 is 41.6 Å². The first-order valence-electron chi connectivity index (χ1n) is 14.4. The molecule has 2 amide bonds. The highest BCUT2D eigenvalue weighted by Crippen LogP contribution is 2.31. The van der Waals surface area contributed by atoms with Gasteiger partial charge >= 0.3 is 12.1 Å². The molecule has 1 aromatic carbocycles. The molecule has 1 aliphatic carbocycles. The van der Waals surface area contributed by atoms with Crippen LogP contribution in [-0.4, -0.2) is 77.9 Å². The van der Waals surface area contributed by atoms with Gasteiger partial charge in [-0.3, -0.25) is 4.79 Å². The molecule has 1 N–H and O–H groups in total. The normalized spacial score (nSPS) is 19.5. The highest BCUT2D eigenvalue weighted by atomic mass is 16.6. The first-order valence-corrected chi connectivity index (χ1v) is 14.4. The van der Waals surface area contributed by atoms with Gasteiger partial charge in [0, 0.05) is 12.5 Å². The van der Waals surface area contributed by atoms with Crippen LogP contribution < -0.4 is 14.8 Å². The van der Waals surface area contributed by atoms with Crippen LogP contribution in [0.25, 0.3) is 11.0 Å². The summed E-state index contributed by atoms with van der Waals surface area (Å²) in [5, 5.41) is 2.74. The molecule has 4 rings (SSSR count). The lowest BCUT2D eigenvalue weighted by Gasteiger charge is -2.34. The Morgan fingerprint density at radius 3 is 2.46 bits per heavy atom. The average molecular weight is 571 g/mol. The number of aryl methyl sites for hydroxylation is 1. The second-order valence-electron chi connectivity index (χ2n) is 11.8. The van der Waals surface area contributed by atoms with E-state index in [1.807, 2.05) is 32.9 Å². The number of carbonyl (C=O) groups excluding carboxylic acids is 3. The third-order valence-electron chi connectivity index (χ3n) is 7.39. The van der Waals surface area contributed by atoms with Crippen molar-refractivity contribution in [3.63, 3.8) is 0 Å². The van der Waals surface area contributed by atoms with Crippen molar-refractivity contribution >= 4 is 29.0 Å². The van der Waals surface area contributed by atoms with E-state index in [9.17, 15) is 14.4 Å². The van der Waals surface area contributed by atoms with Crippen molar-refractivity contribution in [2.45, 2.75) is 96.9 Å². The van der Waals surface area contributed by atoms with Crippen molar-refractivity contribution < 1.29 is 33.3 Å². The summed E-state index contributed by atoms with van der Waals surface area (Å²) in [6.45, 7) is 7.82. The molecule has 2 aromatic rings. The SMILES string of the molecule is CCCCCc1nc2ccc(OC)cc2nc1O[C@@H]1C[C@@H](C(=O)OC)N(C(=O)C(NC(=O)OC2CC2)C(C)(C)C)C1. The van der Waals surface area contributed by atoms with Crippen LogP contribution in [-0.2, 0) is 25.5 Å². The second-order valence-corrected chi connectivity index (χ2v) is 11.8. The van der Waals surface area contributed by atoms with E-state index in [0.29, 0.717) is 23.6 Å². The Morgan fingerprint density at radius 2 is 1.83 bits per heavy atom. The number of unbranched alkanes of at least 4 members (excludes halogenated alkanes) is 2. The lowest BCUT2D eigenvalue weighted by atomic mass is 9.85. The largest absolute Gasteiger partial charge is 0.497 e. The zero-order chi connectivity index (χ0) is 29.7. The van der Waals surface area contributed by atoms with Crippen molar-refractivity contribution in [2.75, 3.05) is 20.8 Å². The number of amides is 2. The van der Waals surface area contributed by atoms with Crippen LogP contribution in [0.4, 0.5) is 4.79 Å². The van der Waals surface area contributed by atoms with Gasteiger partial charge in [-0.25, -0.2) is 19.6 Å². The smallest absolute Gasteiger partial charge is 0.408 e. The number of fused-ring (bicyclic) bond motifs is 1. The average Bonchev–Trinajstić information content (AvgIpc) is 3.65. The van der Waals surface area contributed by atoms with Gasteiger partial charge in [-0.05, 0) is 43.2 Å². The van der Waals surface area contributed by atoms with Gasteiger partial charge in [0.25, 0.3) is 0 Å². The summed E-state index contributed by atoms with van der Waals surface area (Å²) >= 11 is 0. The minimum absolute atomic E-state index is 0.104. The van der Waals surface area contributed by atoms with E-state index in [1.54, 1.807) is 13.2 Å². The third-order valence-corrected chi connectivity index (χ3v) is 7.39. The lowest BCUT2D eigenvalue weighted by molar-refractivity contribution is -0.152. The predicted octanol–water partition coefficient (Wildman–Crippen LogP) is 4.20. The number of esters is 1. The van der Waals surface area contributed by atoms with Gasteiger partial charge in [0.2, 0.25) is 11.8 Å². The van der Waals surface area contributed by atoms with Crippen molar-refractivity contribution in [1.29, 1.82) is 0 Å². The van der Waals surface area contributed by atoms with Crippen molar-refractivity contribution in [3.05, 3.63) is 23.9 Å². The molecule has 224 valence electrons. The summed E-state index contributed by atoms with van der Waals surface area (Å²) in [5.41, 5.74) is 1.44. The predicted molar refractivity (Wildman–Crippen MR) is 152 cm³/mol. The Kier molecular flexibility index (Phi) is 9.55. The van der Waals surface area contributed by atoms with Crippen LogP contribution in [0.2, 0.25) is 0 Å². The number of carbonyl (C=O) groups is 3. The number of hydrogen-bond donors (Lipinski definition) is 1. The van der Waals surface area contributed by atoms with Gasteiger partial charge < -0.3 is 29.2 Å². The Labute approximate surface area is 241 Å². The zero-order valence-corrected chi connectivity index (χ0v) is 24.9. The quantitative estimate of drug-likeness (QED) is 0.312. The number of nitrogens with zero attached hydrogens (tertiary/aromatic N) is 3. The number of methoxy groups -OCH3 is 2. The van der Waals surface area contributed by atoms with E-state index in [2.05, 4.69) is 12.2 Å². The highest BCUT2D eigenvalue weighted by molar-refractivity contribution is 5.91. The van der Waals surface area contributed by atoms with Gasteiger partial charge in [-0.15, -0.1) is 0 Å². The first kappa shape index (κ1) is 30.3. The van der Waals surface area contributed by atoms with Crippen molar-refractivity contribution in [3.8, 4) is 11.6 Å². The number of likely N-dealkylation sites (tertiary alicyclic amines) is 1. The van der Waals surface area contributed by atoms with Crippen LogP contribution in [0, 0.1) is 5.41 Å². The molecule has 1 saturated carbocycles. The summed E-state index contributed by atoms with van der Waals surface area (Å²) in [6, 6.07) is 3.71. The Bertz CT molecular complexity index is 1260. The number of benzene rings is 1. The number of hydrogen-bond acceptors (Lipinski definition) is 9. The molecule has 0 radical (unpaired) electrons. The van der Waals surface area contributed by atoms with Crippen LogP contribution in [0.5, 0.6) is 11.6 Å². The molecule has 41 heavy (non-hydrogen) atoms. The molecule has 11 nitrogen and oxygen atoms in total. The van der Waals surface area contributed by atoms with Crippen LogP contribution >= 0.6 is 0 Å². The summed E-state index contributed by atoms with van der Waals surface area (Å²) in [4.78, 5) is 50.3. The number of nitrogens with one attached hydrogen (secondary N) is 1. The number of aromatic nitrogens is 2. The molecule has 0 bridgehead atoms. The Morgan fingerprint density at radius 1 is 1.07 bits per heavy atom. The Hall–Kier alpha value is -3.63. The van der Waals surface area contributed by atoms with Gasteiger partial charge in [-0.2, -0.15) is 0 Å². The summed E-state index contributed by atoms with van der Waals surface area (Å²) in [7, 11) is 2.88. The maximum atomic E-state index is 13.9. The fourth-order valence-corrected chi connectivity index (χ4v) is 4.93. The van der Waals surface area contributed by atoms with E-state index in [4.69, 9.17) is 28.9 Å². The molecule has 2 fully saturated rings. The summed E-state index contributed by atoms with van der Waals surface area (Å²) < 4.78 is 22.2. The molecular weight excluding hydrogens is 528 g/mol. The monoisotopic (exact) mass is 570 g/mol. The van der Waals surface area contributed by atoms with Crippen LogP contribution in [0.15, 0.2) is 18.2 Å². The molecule has 3 atom stereocenters. The highest BCUT2D eigenvalue weighted by Gasteiger charge is 2.46. The fraction of sp³-hybridized carbons (Fsp3) is 0.633.